The van der Waals surface area contributed by atoms with Gasteiger partial charge < -0.3 is 10.5 Å². The number of hydrogen-bond donors (Lipinski definition) is 3. The summed E-state index contributed by atoms with van der Waals surface area (Å²) in [5.41, 5.74) is 0.238. The number of allylic oxidation sites excluding steroid dienone is 2. The smallest absolute Gasteiger partial charge is 0.226 e. The highest BCUT2D eigenvalue weighted by atomic mass is 16.3. The van der Waals surface area contributed by atoms with E-state index in [-0.39, 0.29) is 71.7 Å². The molecule has 1 fully saturated rings. The van der Waals surface area contributed by atoms with E-state index >= 15 is 0 Å². The van der Waals surface area contributed by atoms with Gasteiger partial charge in [0.1, 0.15) is 5.76 Å². The monoisotopic (exact) mass is 292 g/mol. The van der Waals surface area contributed by atoms with E-state index < -0.39 is 0 Å². The number of imide groups is 1. The second kappa shape index (κ2) is 5.79. The molecule has 0 aromatic carbocycles. The molecule has 1 aliphatic heterocycles. The average molecular weight is 292 g/mol. The van der Waals surface area contributed by atoms with Crippen molar-refractivity contribution in [1.29, 1.82) is 5.41 Å². The Morgan fingerprint density at radius 3 is 2.38 bits per heavy atom. The molecule has 1 aliphatic carbocycles. The van der Waals surface area contributed by atoms with Crippen LogP contribution in [0.25, 0.3) is 0 Å². The quantitative estimate of drug-likeness (QED) is 0.685. The summed E-state index contributed by atoms with van der Waals surface area (Å²) < 4.78 is 0. The molecule has 2 aliphatic rings. The van der Waals surface area contributed by atoms with Gasteiger partial charge in [0.25, 0.3) is 0 Å². The summed E-state index contributed by atoms with van der Waals surface area (Å²) in [6.45, 7) is 3.68. The molecule has 6 nitrogen and oxygen atoms in total. The number of aliphatic hydroxyl groups excluding tert-OH is 1. The molecule has 0 aromatic heterocycles. The molecule has 21 heavy (non-hydrogen) atoms. The highest BCUT2D eigenvalue weighted by Crippen LogP contribution is 2.32. The van der Waals surface area contributed by atoms with Crippen molar-refractivity contribution in [1.82, 2.24) is 5.32 Å². The van der Waals surface area contributed by atoms with Gasteiger partial charge in [-0.15, -0.1) is 0 Å². The molecule has 0 spiro atoms. The lowest BCUT2D eigenvalue weighted by atomic mass is 9.77. The minimum Gasteiger partial charge on any atom is -0.511 e. The van der Waals surface area contributed by atoms with Crippen LogP contribution < -0.4 is 5.32 Å². The zero-order chi connectivity index (χ0) is 15.7. The first kappa shape index (κ1) is 15.4. The summed E-state index contributed by atoms with van der Waals surface area (Å²) in [6.07, 6.45) is 0.917. The topological polar surface area (TPSA) is 107 Å². The van der Waals surface area contributed by atoms with Crippen LogP contribution in [-0.4, -0.2) is 28.4 Å². The summed E-state index contributed by atoms with van der Waals surface area (Å²) >= 11 is 0. The van der Waals surface area contributed by atoms with Crippen LogP contribution in [0.3, 0.4) is 0 Å². The van der Waals surface area contributed by atoms with Crippen LogP contribution in [-0.2, 0) is 14.4 Å². The number of carbonyl (C=O) groups is 3. The lowest BCUT2D eigenvalue weighted by Gasteiger charge is -2.28. The van der Waals surface area contributed by atoms with Gasteiger partial charge in [-0.25, -0.2) is 0 Å². The van der Waals surface area contributed by atoms with Crippen LogP contribution in [0.2, 0.25) is 0 Å². The normalized spacial score (nSPS) is 27.8. The minimum atomic E-state index is -0.372. The molecule has 114 valence electrons. The van der Waals surface area contributed by atoms with Crippen LogP contribution >= 0.6 is 0 Å². The minimum absolute atomic E-state index is 0.0143. The predicted octanol–water partition coefficient (Wildman–Crippen LogP) is 1.51. The highest BCUT2D eigenvalue weighted by Gasteiger charge is 2.34. The van der Waals surface area contributed by atoms with E-state index in [9.17, 15) is 19.5 Å². The van der Waals surface area contributed by atoms with E-state index in [1.807, 2.05) is 13.8 Å². The highest BCUT2D eigenvalue weighted by molar-refractivity contribution is 6.22. The molecular weight excluding hydrogens is 272 g/mol. The third-order valence-corrected chi connectivity index (χ3v) is 4.17. The van der Waals surface area contributed by atoms with Gasteiger partial charge in [-0.05, 0) is 18.3 Å². The second-order valence-electron chi connectivity index (χ2n) is 6.08. The molecule has 2 rings (SSSR count). The Balaban J connectivity index is 2.15. The van der Waals surface area contributed by atoms with Gasteiger partial charge in [0.05, 0.1) is 5.57 Å². The van der Waals surface area contributed by atoms with Crippen molar-refractivity contribution in [2.24, 2.45) is 17.8 Å². The third-order valence-electron chi connectivity index (χ3n) is 4.17. The molecule has 0 radical (unpaired) electrons. The number of rotatable bonds is 3. The number of carbonyl (C=O) groups excluding carboxylic acids is 3. The van der Waals surface area contributed by atoms with Crippen LogP contribution in [0.4, 0.5) is 0 Å². The summed E-state index contributed by atoms with van der Waals surface area (Å²) in [7, 11) is 0. The van der Waals surface area contributed by atoms with Crippen LogP contribution in [0.5, 0.6) is 0 Å². The Morgan fingerprint density at radius 1 is 1.24 bits per heavy atom. The fourth-order valence-corrected chi connectivity index (χ4v) is 3.05. The molecule has 6 heteroatoms. The molecule has 0 unspecified atom stereocenters. The van der Waals surface area contributed by atoms with Crippen LogP contribution in [0.1, 0.15) is 39.5 Å². The van der Waals surface area contributed by atoms with E-state index in [1.165, 1.54) is 0 Å². The second-order valence-corrected chi connectivity index (χ2v) is 6.08. The Hall–Kier alpha value is -1.98. The largest absolute Gasteiger partial charge is 0.511 e. The lowest BCUT2D eigenvalue weighted by Crippen LogP contribution is -2.39. The van der Waals surface area contributed by atoms with E-state index in [1.54, 1.807) is 0 Å². The summed E-state index contributed by atoms with van der Waals surface area (Å²) in [5.74, 6) is -1.70. The van der Waals surface area contributed by atoms with Crippen LogP contribution in [0.15, 0.2) is 11.3 Å². The van der Waals surface area contributed by atoms with Crippen molar-refractivity contribution in [2.45, 2.75) is 39.5 Å². The number of amides is 2. The van der Waals surface area contributed by atoms with Crippen molar-refractivity contribution in [3.8, 4) is 0 Å². The van der Waals surface area contributed by atoms with Gasteiger partial charge in [0, 0.05) is 30.9 Å². The van der Waals surface area contributed by atoms with E-state index in [2.05, 4.69) is 5.32 Å². The first-order valence-corrected chi connectivity index (χ1v) is 7.17. The molecule has 1 heterocycles. The number of piperidine rings is 1. The Labute approximate surface area is 123 Å². The Morgan fingerprint density at radius 2 is 1.81 bits per heavy atom. The van der Waals surface area contributed by atoms with Crippen molar-refractivity contribution >= 4 is 23.3 Å². The first-order chi connectivity index (χ1) is 9.79. The number of Topliss-reactive ketones (excluding diaryl/α,β-unsaturated/α-hetero) is 1. The molecule has 1 saturated heterocycles. The fourth-order valence-electron chi connectivity index (χ4n) is 3.05. The number of hydrogen-bond acceptors (Lipinski definition) is 5. The molecule has 2 amide bonds. The fraction of sp³-hybridized carbons (Fsp3) is 0.600. The van der Waals surface area contributed by atoms with E-state index in [0.29, 0.717) is 6.42 Å². The number of ketones is 1. The maximum Gasteiger partial charge on any atom is 0.226 e. The maximum absolute atomic E-state index is 12.4. The zero-order valence-electron chi connectivity index (χ0n) is 12.2. The Bertz CT molecular complexity index is 534. The molecule has 2 atom stereocenters. The molecule has 0 bridgehead atoms. The van der Waals surface area contributed by atoms with Crippen molar-refractivity contribution in [3.63, 3.8) is 0 Å². The number of aliphatic hydroxyl groups is 1. The van der Waals surface area contributed by atoms with Crippen molar-refractivity contribution < 1.29 is 19.5 Å². The third kappa shape index (κ3) is 3.20. The van der Waals surface area contributed by atoms with Crippen molar-refractivity contribution in [3.05, 3.63) is 11.3 Å². The SMILES string of the molecule is C[C@H]1C[C@H](C)C(O)=C(C(=O)CC2CC(=O)NC(=O)C2)C1=N. The van der Waals surface area contributed by atoms with E-state index in [0.717, 1.165) is 0 Å². The molecule has 3 N–H and O–H groups in total. The number of nitrogens with one attached hydrogen (secondary N) is 2. The Kier molecular flexibility index (Phi) is 4.25. The van der Waals surface area contributed by atoms with E-state index in [4.69, 9.17) is 5.41 Å². The summed E-state index contributed by atoms with van der Waals surface area (Å²) in [6, 6.07) is 0. The van der Waals surface area contributed by atoms with Gasteiger partial charge >= 0.3 is 0 Å². The summed E-state index contributed by atoms with van der Waals surface area (Å²) in [4.78, 5) is 35.0. The molecule has 0 aromatic rings. The molecule has 0 saturated carbocycles. The zero-order valence-corrected chi connectivity index (χ0v) is 12.2. The molecular formula is C15H20N2O4. The van der Waals surface area contributed by atoms with Gasteiger partial charge in [0.2, 0.25) is 11.8 Å². The van der Waals surface area contributed by atoms with Gasteiger partial charge in [-0.3, -0.25) is 19.7 Å². The summed E-state index contributed by atoms with van der Waals surface area (Å²) in [5, 5.41) is 20.3. The lowest BCUT2D eigenvalue weighted by molar-refractivity contribution is -0.135. The van der Waals surface area contributed by atoms with Crippen LogP contribution in [0, 0.1) is 23.2 Å². The standard InChI is InChI=1S/C15H20N2O4/c1-7-3-8(2)15(21)13(14(7)16)10(18)4-9-5-11(19)17-12(20)6-9/h7-9,16,21H,3-6H2,1-2H3,(H,17,19,20)/t7-,8-/m0/s1. The maximum atomic E-state index is 12.4. The van der Waals surface area contributed by atoms with Gasteiger partial charge in [0.15, 0.2) is 5.78 Å². The van der Waals surface area contributed by atoms with Gasteiger partial charge in [-0.1, -0.05) is 13.8 Å². The van der Waals surface area contributed by atoms with Crippen molar-refractivity contribution in [2.75, 3.05) is 0 Å². The predicted molar refractivity (Wildman–Crippen MR) is 75.8 cm³/mol. The average Bonchev–Trinajstić information content (AvgIpc) is 2.35. The first-order valence-electron chi connectivity index (χ1n) is 7.17. The van der Waals surface area contributed by atoms with Gasteiger partial charge in [-0.2, -0.15) is 0 Å².